The highest BCUT2D eigenvalue weighted by atomic mass is 19.1. The zero-order valence-corrected chi connectivity index (χ0v) is 16.3. The maximum atomic E-state index is 13.9. The molecule has 0 radical (unpaired) electrons. The largest absolute Gasteiger partial charge is 0.396 e. The van der Waals surface area contributed by atoms with Gasteiger partial charge in [-0.3, -0.25) is 9.78 Å². The molecule has 0 saturated carbocycles. The highest BCUT2D eigenvalue weighted by Crippen LogP contribution is 2.23. The van der Waals surface area contributed by atoms with E-state index in [-0.39, 0.29) is 18.2 Å². The van der Waals surface area contributed by atoms with Crippen molar-refractivity contribution in [1.29, 1.82) is 0 Å². The molecule has 0 unspecified atom stereocenters. The number of nitrogens with one attached hydrogen (secondary N) is 2. The molecule has 26 heavy (non-hydrogen) atoms. The highest BCUT2D eigenvalue weighted by Gasteiger charge is 2.12. The van der Waals surface area contributed by atoms with Crippen molar-refractivity contribution in [2.24, 2.45) is 0 Å². The minimum Gasteiger partial charge on any atom is -0.396 e. The van der Waals surface area contributed by atoms with Crippen molar-refractivity contribution >= 4 is 17.3 Å². The molecule has 144 valence electrons. The minimum absolute atomic E-state index is 0.0102. The molecule has 0 saturated heterocycles. The summed E-state index contributed by atoms with van der Waals surface area (Å²) in [6, 6.07) is 6.37. The van der Waals surface area contributed by atoms with Crippen molar-refractivity contribution in [3.63, 3.8) is 0 Å². The Morgan fingerprint density at radius 3 is 2.46 bits per heavy atom. The third-order valence-electron chi connectivity index (χ3n) is 3.08. The zero-order chi connectivity index (χ0) is 19.9. The Balaban J connectivity index is 0.00000146. The second kappa shape index (κ2) is 13.8. The zero-order valence-electron chi connectivity index (χ0n) is 16.3. The fourth-order valence-electron chi connectivity index (χ4n) is 1.93. The minimum atomic E-state index is -0.393. The second-order valence-electron chi connectivity index (χ2n) is 4.86. The molecule has 0 spiro atoms. The maximum Gasteiger partial charge on any atom is 0.253 e. The summed E-state index contributed by atoms with van der Waals surface area (Å²) in [5.74, 6) is -0.693. The van der Waals surface area contributed by atoms with Crippen LogP contribution in [0.3, 0.4) is 0 Å². The Morgan fingerprint density at radius 2 is 1.85 bits per heavy atom. The van der Waals surface area contributed by atoms with Crippen LogP contribution in [-0.2, 0) is 0 Å². The van der Waals surface area contributed by atoms with Crippen LogP contribution in [0.5, 0.6) is 0 Å². The van der Waals surface area contributed by atoms with Crippen LogP contribution in [-0.4, -0.2) is 29.1 Å². The number of aromatic nitrogens is 1. The van der Waals surface area contributed by atoms with Crippen molar-refractivity contribution < 1.29 is 14.3 Å². The van der Waals surface area contributed by atoms with Gasteiger partial charge in [0.15, 0.2) is 0 Å². The van der Waals surface area contributed by atoms with Gasteiger partial charge in [0.05, 0.1) is 23.1 Å². The summed E-state index contributed by atoms with van der Waals surface area (Å²) < 4.78 is 13.9. The topological polar surface area (TPSA) is 74.2 Å². The summed E-state index contributed by atoms with van der Waals surface area (Å²) in [5, 5.41) is 14.3. The van der Waals surface area contributed by atoms with Gasteiger partial charge in [-0.15, -0.1) is 0 Å². The fourth-order valence-corrected chi connectivity index (χ4v) is 1.93. The summed E-state index contributed by atoms with van der Waals surface area (Å²) >= 11 is 0. The van der Waals surface area contributed by atoms with Crippen molar-refractivity contribution in [3.05, 3.63) is 53.6 Å². The van der Waals surface area contributed by atoms with E-state index < -0.39 is 5.82 Å². The number of aryl methyl sites for hydroxylation is 1. The molecule has 1 heterocycles. The van der Waals surface area contributed by atoms with E-state index in [1.54, 1.807) is 25.1 Å². The molecule has 0 bridgehead atoms. The van der Waals surface area contributed by atoms with E-state index in [0.29, 0.717) is 24.2 Å². The number of hydrogen-bond donors (Lipinski definition) is 3. The van der Waals surface area contributed by atoms with Gasteiger partial charge < -0.3 is 15.7 Å². The third kappa shape index (κ3) is 7.61. The van der Waals surface area contributed by atoms with E-state index in [1.165, 1.54) is 18.5 Å². The molecule has 5 nitrogen and oxygen atoms in total. The lowest BCUT2D eigenvalue weighted by molar-refractivity contribution is 0.0952. The van der Waals surface area contributed by atoms with Gasteiger partial charge in [-0.1, -0.05) is 33.8 Å². The normalized spacial score (nSPS) is 9.19. The van der Waals surface area contributed by atoms with Crippen LogP contribution in [0.15, 0.2) is 36.7 Å². The average molecular weight is 363 g/mol. The van der Waals surface area contributed by atoms with Crippen LogP contribution in [0.1, 0.15) is 50.0 Å². The number of hydrogen-bond acceptors (Lipinski definition) is 4. The van der Waals surface area contributed by atoms with Crippen LogP contribution in [0.4, 0.5) is 15.8 Å². The number of carbonyl (C=O) groups excluding carboxylic acids is 1. The molecule has 3 N–H and O–H groups in total. The van der Waals surface area contributed by atoms with Gasteiger partial charge in [0.1, 0.15) is 5.82 Å². The van der Waals surface area contributed by atoms with Gasteiger partial charge in [-0.2, -0.15) is 0 Å². The van der Waals surface area contributed by atoms with E-state index in [9.17, 15) is 9.18 Å². The molecular weight excluding hydrogens is 333 g/mol. The van der Waals surface area contributed by atoms with Crippen LogP contribution >= 0.6 is 0 Å². The van der Waals surface area contributed by atoms with Crippen LogP contribution in [0.2, 0.25) is 0 Å². The number of benzene rings is 1. The first kappa shape index (κ1) is 23.5. The lowest BCUT2D eigenvalue weighted by Gasteiger charge is -2.12. The number of pyridine rings is 1. The molecule has 0 aliphatic heterocycles. The average Bonchev–Trinajstić information content (AvgIpc) is 2.68. The maximum absolute atomic E-state index is 13.9. The van der Waals surface area contributed by atoms with Gasteiger partial charge in [-0.05, 0) is 37.1 Å². The van der Waals surface area contributed by atoms with Gasteiger partial charge in [0.2, 0.25) is 0 Å². The summed E-state index contributed by atoms with van der Waals surface area (Å²) in [5.41, 5.74) is 1.89. The molecule has 2 aromatic rings. The number of anilines is 2. The van der Waals surface area contributed by atoms with Crippen molar-refractivity contribution in [1.82, 2.24) is 10.3 Å². The lowest BCUT2D eigenvalue weighted by atomic mass is 10.1. The number of nitrogens with zero attached hydrogens (tertiary/aromatic N) is 1. The number of rotatable bonds is 6. The first-order chi connectivity index (χ1) is 12.6. The monoisotopic (exact) mass is 363 g/mol. The molecule has 1 amide bonds. The second-order valence-corrected chi connectivity index (χ2v) is 4.86. The van der Waals surface area contributed by atoms with Crippen LogP contribution < -0.4 is 10.6 Å². The van der Waals surface area contributed by atoms with E-state index in [1.807, 2.05) is 27.7 Å². The smallest absolute Gasteiger partial charge is 0.253 e. The molecule has 1 aromatic carbocycles. The molecule has 0 fully saturated rings. The number of amides is 1. The predicted octanol–water partition coefficient (Wildman–Crippen LogP) is 4.44. The molecule has 0 aliphatic rings. The number of carbonyl (C=O) groups is 1. The first-order valence-electron chi connectivity index (χ1n) is 8.98. The number of halogens is 1. The van der Waals surface area contributed by atoms with E-state index in [2.05, 4.69) is 15.6 Å². The SMILES string of the molecule is CC.CC.Cc1ccc(Nc2cnccc2C(=O)NCCCO)c(F)c1. The van der Waals surface area contributed by atoms with Gasteiger partial charge in [0.25, 0.3) is 5.91 Å². The third-order valence-corrected chi connectivity index (χ3v) is 3.08. The quantitative estimate of drug-likeness (QED) is 0.664. The van der Waals surface area contributed by atoms with Crippen LogP contribution in [0.25, 0.3) is 0 Å². The van der Waals surface area contributed by atoms with E-state index in [0.717, 1.165) is 5.56 Å². The van der Waals surface area contributed by atoms with Gasteiger partial charge >= 0.3 is 0 Å². The summed E-state index contributed by atoms with van der Waals surface area (Å²) in [7, 11) is 0. The Morgan fingerprint density at radius 1 is 1.15 bits per heavy atom. The van der Waals surface area contributed by atoms with E-state index in [4.69, 9.17) is 5.11 Å². The molecule has 0 atom stereocenters. The predicted molar refractivity (Wildman–Crippen MR) is 105 cm³/mol. The molecule has 6 heteroatoms. The first-order valence-corrected chi connectivity index (χ1v) is 8.98. The standard InChI is InChI=1S/C16H18FN3O2.2C2H6/c1-11-3-4-14(13(17)9-11)20-15-10-18-7-5-12(15)16(22)19-6-2-8-21;2*1-2/h3-5,7,9-10,20-21H,2,6,8H2,1H3,(H,19,22);2*1-2H3. The number of aliphatic hydroxyl groups excluding tert-OH is 1. The fraction of sp³-hybridized carbons (Fsp3) is 0.400. The highest BCUT2D eigenvalue weighted by molar-refractivity contribution is 6.00. The lowest BCUT2D eigenvalue weighted by Crippen LogP contribution is -2.25. The van der Waals surface area contributed by atoms with Crippen molar-refractivity contribution in [2.75, 3.05) is 18.5 Å². The summed E-state index contributed by atoms with van der Waals surface area (Å²) in [6.45, 7) is 10.2. The molecule has 2 rings (SSSR count). The van der Waals surface area contributed by atoms with Crippen molar-refractivity contribution in [3.8, 4) is 0 Å². The Labute approximate surface area is 155 Å². The van der Waals surface area contributed by atoms with Crippen molar-refractivity contribution in [2.45, 2.75) is 41.0 Å². The molecular formula is C20H30FN3O2. The Kier molecular flexibility index (Phi) is 12.5. The molecule has 0 aliphatic carbocycles. The summed E-state index contributed by atoms with van der Waals surface area (Å²) in [4.78, 5) is 16.1. The van der Waals surface area contributed by atoms with Crippen LogP contribution in [0, 0.1) is 12.7 Å². The van der Waals surface area contributed by atoms with E-state index >= 15 is 0 Å². The Hall–Kier alpha value is -2.47. The van der Waals surface area contributed by atoms with Gasteiger partial charge in [-0.25, -0.2) is 4.39 Å². The summed E-state index contributed by atoms with van der Waals surface area (Å²) in [6.07, 6.45) is 3.45. The molecule has 1 aromatic heterocycles. The van der Waals surface area contributed by atoms with Gasteiger partial charge in [0, 0.05) is 19.3 Å². The Bertz CT molecular complexity index is 663. The number of aliphatic hydroxyl groups is 1.